The van der Waals surface area contributed by atoms with Crippen LogP contribution in [0.4, 0.5) is 0 Å². The Kier molecular flexibility index (Phi) is 3.80. The number of thiazole rings is 1. The number of nitrogens with zero attached hydrogens (tertiary/aromatic N) is 2. The van der Waals surface area contributed by atoms with Gasteiger partial charge in [-0.05, 0) is 19.1 Å². The summed E-state index contributed by atoms with van der Waals surface area (Å²) in [6.45, 7) is 2.45. The van der Waals surface area contributed by atoms with Crippen molar-refractivity contribution in [3.8, 4) is 12.3 Å². The van der Waals surface area contributed by atoms with Gasteiger partial charge in [0.05, 0.1) is 24.4 Å². The fourth-order valence-electron chi connectivity index (χ4n) is 1.52. The third kappa shape index (κ3) is 2.79. The highest BCUT2D eigenvalue weighted by Gasteiger charge is 2.18. The smallest absolute Gasteiger partial charge is 0.274 e. The van der Waals surface area contributed by atoms with Crippen LogP contribution >= 0.6 is 11.3 Å². The molecular formula is C13H12N2O2S. The molecular weight excluding hydrogens is 248 g/mol. The quantitative estimate of drug-likeness (QED) is 0.793. The molecule has 92 valence electrons. The third-order valence-corrected chi connectivity index (χ3v) is 3.11. The first-order chi connectivity index (χ1) is 8.70. The number of furan rings is 1. The van der Waals surface area contributed by atoms with Gasteiger partial charge in [0, 0.05) is 5.38 Å². The van der Waals surface area contributed by atoms with E-state index < -0.39 is 0 Å². The van der Waals surface area contributed by atoms with Crippen molar-refractivity contribution in [2.24, 2.45) is 0 Å². The Labute approximate surface area is 109 Å². The summed E-state index contributed by atoms with van der Waals surface area (Å²) in [6, 6.07) is 3.59. The molecule has 0 saturated heterocycles. The van der Waals surface area contributed by atoms with Crippen LogP contribution < -0.4 is 0 Å². The summed E-state index contributed by atoms with van der Waals surface area (Å²) in [5.41, 5.74) is 0.430. The van der Waals surface area contributed by atoms with Gasteiger partial charge in [0.2, 0.25) is 0 Å². The van der Waals surface area contributed by atoms with E-state index in [1.165, 1.54) is 16.2 Å². The van der Waals surface area contributed by atoms with Gasteiger partial charge >= 0.3 is 0 Å². The van der Waals surface area contributed by atoms with Crippen molar-refractivity contribution in [2.45, 2.75) is 13.5 Å². The Balaban J connectivity index is 2.15. The van der Waals surface area contributed by atoms with Gasteiger partial charge in [-0.15, -0.1) is 17.8 Å². The minimum atomic E-state index is -0.172. The van der Waals surface area contributed by atoms with Crippen molar-refractivity contribution in [2.75, 3.05) is 6.54 Å². The molecule has 2 rings (SSSR count). The van der Waals surface area contributed by atoms with Crippen molar-refractivity contribution in [1.29, 1.82) is 0 Å². The average Bonchev–Trinajstić information content (AvgIpc) is 2.99. The van der Waals surface area contributed by atoms with Gasteiger partial charge in [0.1, 0.15) is 11.5 Å². The molecule has 0 aliphatic rings. The average molecular weight is 260 g/mol. The number of carbonyl (C=O) groups is 1. The molecule has 0 unspecified atom stereocenters. The van der Waals surface area contributed by atoms with Crippen LogP contribution in [-0.4, -0.2) is 22.3 Å². The lowest BCUT2D eigenvalue weighted by atomic mass is 10.3. The second kappa shape index (κ2) is 5.52. The molecule has 18 heavy (non-hydrogen) atoms. The highest BCUT2D eigenvalue weighted by molar-refractivity contribution is 7.09. The number of amides is 1. The maximum Gasteiger partial charge on any atom is 0.274 e. The van der Waals surface area contributed by atoms with Gasteiger partial charge in [0.15, 0.2) is 0 Å². The molecule has 1 amide bonds. The Morgan fingerprint density at radius 2 is 2.50 bits per heavy atom. The summed E-state index contributed by atoms with van der Waals surface area (Å²) in [5.74, 6) is 3.00. The molecule has 2 heterocycles. The largest absolute Gasteiger partial charge is 0.467 e. The minimum Gasteiger partial charge on any atom is -0.467 e. The molecule has 0 aliphatic carbocycles. The first kappa shape index (κ1) is 12.4. The number of aryl methyl sites for hydroxylation is 1. The van der Waals surface area contributed by atoms with E-state index in [9.17, 15) is 4.79 Å². The van der Waals surface area contributed by atoms with Crippen molar-refractivity contribution in [1.82, 2.24) is 9.88 Å². The van der Waals surface area contributed by atoms with Crippen molar-refractivity contribution >= 4 is 17.2 Å². The van der Waals surface area contributed by atoms with Gasteiger partial charge in [0.25, 0.3) is 5.91 Å². The van der Waals surface area contributed by atoms with E-state index in [1.54, 1.807) is 17.7 Å². The molecule has 0 N–H and O–H groups in total. The van der Waals surface area contributed by atoms with E-state index in [-0.39, 0.29) is 12.5 Å². The second-order valence-corrected chi connectivity index (χ2v) is 4.76. The molecule has 0 saturated carbocycles. The van der Waals surface area contributed by atoms with Crippen LogP contribution in [0, 0.1) is 19.3 Å². The fourth-order valence-corrected chi connectivity index (χ4v) is 2.11. The zero-order valence-electron chi connectivity index (χ0n) is 9.92. The lowest BCUT2D eigenvalue weighted by Gasteiger charge is -2.17. The van der Waals surface area contributed by atoms with Crippen LogP contribution in [-0.2, 0) is 6.54 Å². The third-order valence-electron chi connectivity index (χ3n) is 2.33. The molecule has 2 aromatic heterocycles. The molecule has 0 bridgehead atoms. The van der Waals surface area contributed by atoms with Crippen LogP contribution in [0.1, 0.15) is 21.3 Å². The number of hydrogen-bond donors (Lipinski definition) is 0. The van der Waals surface area contributed by atoms with Gasteiger partial charge in [-0.3, -0.25) is 4.79 Å². The molecule has 5 heteroatoms. The molecule has 0 spiro atoms. The SMILES string of the molecule is C#CCN(Cc1ccco1)C(=O)c1csc(C)n1. The van der Waals surface area contributed by atoms with E-state index in [0.29, 0.717) is 18.0 Å². The summed E-state index contributed by atoms with van der Waals surface area (Å²) in [4.78, 5) is 17.9. The Morgan fingerprint density at radius 1 is 1.67 bits per heavy atom. The molecule has 0 aliphatic heterocycles. The minimum absolute atomic E-state index is 0.172. The lowest BCUT2D eigenvalue weighted by molar-refractivity contribution is 0.0750. The van der Waals surface area contributed by atoms with Crippen molar-refractivity contribution in [3.63, 3.8) is 0 Å². The van der Waals surface area contributed by atoms with E-state index in [2.05, 4.69) is 10.9 Å². The highest BCUT2D eigenvalue weighted by Crippen LogP contribution is 2.13. The number of hydrogen-bond acceptors (Lipinski definition) is 4. The summed E-state index contributed by atoms with van der Waals surface area (Å²) >= 11 is 1.44. The van der Waals surface area contributed by atoms with Crippen LogP contribution in [0.15, 0.2) is 28.2 Å². The first-order valence-electron chi connectivity index (χ1n) is 5.38. The fraction of sp³-hybridized carbons (Fsp3) is 0.231. The Bertz CT molecular complexity index is 566. The predicted octanol–water partition coefficient (Wildman–Crippen LogP) is 2.32. The highest BCUT2D eigenvalue weighted by atomic mass is 32.1. The topological polar surface area (TPSA) is 46.3 Å². The summed E-state index contributed by atoms with van der Waals surface area (Å²) in [6.07, 6.45) is 6.86. The Morgan fingerprint density at radius 3 is 3.06 bits per heavy atom. The number of terminal acetylenes is 1. The molecule has 0 aromatic carbocycles. The standard InChI is InChI=1S/C13H12N2O2S/c1-3-6-15(8-11-5-4-7-17-11)13(16)12-9-18-10(2)14-12/h1,4-5,7,9H,6,8H2,2H3. The van der Waals surface area contributed by atoms with Crippen molar-refractivity contribution < 1.29 is 9.21 Å². The van der Waals surface area contributed by atoms with Crippen LogP contribution in [0.2, 0.25) is 0 Å². The van der Waals surface area contributed by atoms with Gasteiger partial charge in [-0.2, -0.15) is 0 Å². The lowest BCUT2D eigenvalue weighted by Crippen LogP contribution is -2.31. The molecule has 4 nitrogen and oxygen atoms in total. The first-order valence-corrected chi connectivity index (χ1v) is 6.26. The maximum absolute atomic E-state index is 12.2. The van der Waals surface area contributed by atoms with Crippen molar-refractivity contribution in [3.05, 3.63) is 40.2 Å². The zero-order chi connectivity index (χ0) is 13.0. The monoisotopic (exact) mass is 260 g/mol. The molecule has 0 fully saturated rings. The van der Waals surface area contributed by atoms with E-state index in [4.69, 9.17) is 10.8 Å². The summed E-state index contributed by atoms with van der Waals surface area (Å²) in [5, 5.41) is 2.60. The van der Waals surface area contributed by atoms with E-state index >= 15 is 0 Å². The molecule has 0 atom stereocenters. The Hall–Kier alpha value is -2.06. The molecule has 2 aromatic rings. The maximum atomic E-state index is 12.2. The second-order valence-electron chi connectivity index (χ2n) is 3.70. The van der Waals surface area contributed by atoms with Crippen LogP contribution in [0.25, 0.3) is 0 Å². The number of aromatic nitrogens is 1. The number of carbonyl (C=O) groups excluding carboxylic acids is 1. The molecule has 0 radical (unpaired) electrons. The van der Waals surface area contributed by atoms with E-state index in [0.717, 1.165) is 5.01 Å². The zero-order valence-corrected chi connectivity index (χ0v) is 10.7. The normalized spacial score (nSPS) is 10.0. The van der Waals surface area contributed by atoms with Gasteiger partial charge in [-0.1, -0.05) is 5.92 Å². The van der Waals surface area contributed by atoms with E-state index in [1.807, 2.05) is 13.0 Å². The summed E-state index contributed by atoms with van der Waals surface area (Å²) < 4.78 is 5.22. The van der Waals surface area contributed by atoms with Crippen LogP contribution in [0.5, 0.6) is 0 Å². The van der Waals surface area contributed by atoms with Crippen LogP contribution in [0.3, 0.4) is 0 Å². The van der Waals surface area contributed by atoms with Gasteiger partial charge < -0.3 is 9.32 Å². The van der Waals surface area contributed by atoms with Gasteiger partial charge in [-0.25, -0.2) is 4.98 Å². The predicted molar refractivity (Wildman–Crippen MR) is 69.1 cm³/mol. The number of rotatable bonds is 4. The summed E-state index contributed by atoms with van der Waals surface area (Å²) in [7, 11) is 0.